The Morgan fingerprint density at radius 3 is 2.53 bits per heavy atom. The van der Waals surface area contributed by atoms with Crippen LogP contribution in [0.2, 0.25) is 0 Å². The molecule has 1 aliphatic carbocycles. The molecule has 0 bridgehead atoms. The van der Waals surface area contributed by atoms with Gasteiger partial charge in [0.15, 0.2) is 0 Å². The van der Waals surface area contributed by atoms with Crippen molar-refractivity contribution >= 4 is 0 Å². The highest BCUT2D eigenvalue weighted by molar-refractivity contribution is 5.22. The van der Waals surface area contributed by atoms with Gasteiger partial charge in [-0.1, -0.05) is 31.2 Å². The number of hydrogen-bond donors (Lipinski definition) is 1. The second-order valence-corrected chi connectivity index (χ2v) is 6.24. The van der Waals surface area contributed by atoms with Crippen molar-refractivity contribution in [1.29, 1.82) is 0 Å². The van der Waals surface area contributed by atoms with Gasteiger partial charge in [0, 0.05) is 19.1 Å². The van der Waals surface area contributed by atoms with E-state index in [2.05, 4.69) is 41.4 Å². The van der Waals surface area contributed by atoms with E-state index in [4.69, 9.17) is 0 Å². The fraction of sp³-hybridized carbons (Fsp3) is 0.647. The summed E-state index contributed by atoms with van der Waals surface area (Å²) in [6.07, 6.45) is 5.31. The molecule has 0 aromatic heterocycles. The van der Waals surface area contributed by atoms with E-state index in [9.17, 15) is 0 Å². The zero-order valence-corrected chi connectivity index (χ0v) is 12.1. The van der Waals surface area contributed by atoms with Gasteiger partial charge in [-0.05, 0) is 55.8 Å². The maximum absolute atomic E-state index is 3.67. The Morgan fingerprint density at radius 2 is 1.84 bits per heavy atom. The predicted octanol–water partition coefficient (Wildman–Crippen LogP) is 2.82. The van der Waals surface area contributed by atoms with Crippen molar-refractivity contribution in [1.82, 2.24) is 10.2 Å². The molecule has 0 spiro atoms. The fourth-order valence-corrected chi connectivity index (χ4v) is 2.98. The van der Waals surface area contributed by atoms with Gasteiger partial charge < -0.3 is 5.32 Å². The molecule has 2 aliphatic rings. The predicted molar refractivity (Wildman–Crippen MR) is 80.2 cm³/mol. The van der Waals surface area contributed by atoms with Crippen molar-refractivity contribution in [3.63, 3.8) is 0 Å². The number of nitrogens with zero attached hydrogens (tertiary/aromatic N) is 1. The van der Waals surface area contributed by atoms with Crippen molar-refractivity contribution in [2.45, 2.75) is 45.2 Å². The molecule has 19 heavy (non-hydrogen) atoms. The van der Waals surface area contributed by atoms with E-state index >= 15 is 0 Å². The minimum Gasteiger partial charge on any atom is -0.314 e. The fourth-order valence-electron chi connectivity index (χ4n) is 2.98. The molecule has 1 unspecified atom stereocenters. The highest BCUT2D eigenvalue weighted by Crippen LogP contribution is 2.22. The van der Waals surface area contributed by atoms with Crippen LogP contribution in [-0.4, -0.2) is 30.6 Å². The van der Waals surface area contributed by atoms with Crippen LogP contribution in [0.4, 0.5) is 0 Å². The van der Waals surface area contributed by atoms with E-state index in [-0.39, 0.29) is 0 Å². The Labute approximate surface area is 117 Å². The molecular weight excluding hydrogens is 232 g/mol. The molecule has 1 N–H and O–H groups in total. The Balaban J connectivity index is 1.44. The maximum Gasteiger partial charge on any atom is 0.0233 e. The van der Waals surface area contributed by atoms with Crippen molar-refractivity contribution in [3.05, 3.63) is 35.4 Å². The molecule has 1 atom stereocenters. The first-order valence-electron chi connectivity index (χ1n) is 7.87. The molecule has 0 radical (unpaired) electrons. The first kappa shape index (κ1) is 13.1. The van der Waals surface area contributed by atoms with E-state index in [0.29, 0.717) is 0 Å². The molecule has 104 valence electrons. The summed E-state index contributed by atoms with van der Waals surface area (Å²) in [5.41, 5.74) is 2.91. The molecule has 2 fully saturated rings. The summed E-state index contributed by atoms with van der Waals surface area (Å²) in [5.74, 6) is 0.871. The maximum atomic E-state index is 3.67. The average Bonchev–Trinajstić information content (AvgIpc) is 3.17. The number of benzene rings is 1. The van der Waals surface area contributed by atoms with Crippen molar-refractivity contribution < 1.29 is 0 Å². The second kappa shape index (κ2) is 6.06. The standard InChI is InChI=1S/C17H26N2/c1-2-14-3-5-15(6-4-14)12-19-10-9-16(13-19)11-18-17-7-8-17/h3-6,16-18H,2,7-13H2,1H3. The molecule has 1 saturated carbocycles. The lowest BCUT2D eigenvalue weighted by atomic mass is 10.1. The van der Waals surface area contributed by atoms with Crippen molar-refractivity contribution in [3.8, 4) is 0 Å². The number of nitrogens with one attached hydrogen (secondary N) is 1. The van der Waals surface area contributed by atoms with Gasteiger partial charge in [0.1, 0.15) is 0 Å². The summed E-state index contributed by atoms with van der Waals surface area (Å²) in [7, 11) is 0. The van der Waals surface area contributed by atoms with Gasteiger partial charge in [-0.3, -0.25) is 4.90 Å². The molecule has 2 heteroatoms. The molecular formula is C17H26N2. The van der Waals surface area contributed by atoms with Crippen LogP contribution >= 0.6 is 0 Å². The minimum atomic E-state index is 0.857. The largest absolute Gasteiger partial charge is 0.314 e. The summed E-state index contributed by atoms with van der Waals surface area (Å²) >= 11 is 0. The lowest BCUT2D eigenvalue weighted by Gasteiger charge is -2.16. The second-order valence-electron chi connectivity index (χ2n) is 6.24. The third-order valence-corrected chi connectivity index (χ3v) is 4.48. The number of likely N-dealkylation sites (tertiary alicyclic amines) is 1. The van der Waals surface area contributed by atoms with Gasteiger partial charge in [-0.15, -0.1) is 0 Å². The quantitative estimate of drug-likeness (QED) is 0.844. The van der Waals surface area contributed by atoms with Gasteiger partial charge in [-0.2, -0.15) is 0 Å². The van der Waals surface area contributed by atoms with Gasteiger partial charge in [-0.25, -0.2) is 0 Å². The summed E-state index contributed by atoms with van der Waals surface area (Å²) in [6.45, 7) is 7.12. The Bertz CT molecular complexity index is 394. The van der Waals surface area contributed by atoms with Crippen LogP contribution in [0.15, 0.2) is 24.3 Å². The van der Waals surface area contributed by atoms with Crippen molar-refractivity contribution in [2.24, 2.45) is 5.92 Å². The van der Waals surface area contributed by atoms with Gasteiger partial charge >= 0.3 is 0 Å². The zero-order chi connectivity index (χ0) is 13.1. The van der Waals surface area contributed by atoms with Crippen LogP contribution in [0.5, 0.6) is 0 Å². The number of hydrogen-bond acceptors (Lipinski definition) is 2. The minimum absolute atomic E-state index is 0.857. The van der Waals surface area contributed by atoms with E-state index < -0.39 is 0 Å². The van der Waals surface area contributed by atoms with Crippen LogP contribution in [0, 0.1) is 5.92 Å². The SMILES string of the molecule is CCc1ccc(CN2CCC(CNC3CC3)C2)cc1. The molecule has 2 nitrogen and oxygen atoms in total. The van der Waals surface area contributed by atoms with Crippen LogP contribution in [-0.2, 0) is 13.0 Å². The Hall–Kier alpha value is -0.860. The molecule has 1 aliphatic heterocycles. The van der Waals surface area contributed by atoms with Crippen LogP contribution in [0.25, 0.3) is 0 Å². The van der Waals surface area contributed by atoms with E-state index in [1.807, 2.05) is 0 Å². The third kappa shape index (κ3) is 3.80. The number of rotatable bonds is 6. The molecule has 1 heterocycles. The van der Waals surface area contributed by atoms with Crippen LogP contribution < -0.4 is 5.32 Å². The molecule has 0 amide bonds. The molecule has 1 aromatic carbocycles. The zero-order valence-electron chi connectivity index (χ0n) is 12.1. The van der Waals surface area contributed by atoms with Gasteiger partial charge in [0.2, 0.25) is 0 Å². The smallest absolute Gasteiger partial charge is 0.0233 e. The van der Waals surface area contributed by atoms with Gasteiger partial charge in [0.25, 0.3) is 0 Å². The highest BCUT2D eigenvalue weighted by atomic mass is 15.1. The number of aryl methyl sites for hydroxylation is 1. The lowest BCUT2D eigenvalue weighted by Crippen LogP contribution is -2.27. The topological polar surface area (TPSA) is 15.3 Å². The summed E-state index contributed by atoms with van der Waals surface area (Å²) in [5, 5.41) is 3.67. The van der Waals surface area contributed by atoms with Gasteiger partial charge in [0.05, 0.1) is 0 Å². The summed E-state index contributed by atoms with van der Waals surface area (Å²) in [6, 6.07) is 10.0. The van der Waals surface area contributed by atoms with Crippen molar-refractivity contribution in [2.75, 3.05) is 19.6 Å². The van der Waals surface area contributed by atoms with Crippen LogP contribution in [0.1, 0.15) is 37.3 Å². The monoisotopic (exact) mass is 258 g/mol. The molecule has 1 aromatic rings. The van der Waals surface area contributed by atoms with E-state index in [1.54, 1.807) is 0 Å². The average molecular weight is 258 g/mol. The Morgan fingerprint density at radius 1 is 1.11 bits per heavy atom. The molecule has 3 rings (SSSR count). The molecule has 1 saturated heterocycles. The highest BCUT2D eigenvalue weighted by Gasteiger charge is 2.26. The third-order valence-electron chi connectivity index (χ3n) is 4.48. The van der Waals surface area contributed by atoms with E-state index in [1.165, 1.54) is 50.0 Å². The summed E-state index contributed by atoms with van der Waals surface area (Å²) in [4.78, 5) is 2.61. The lowest BCUT2D eigenvalue weighted by molar-refractivity contribution is 0.314. The van der Waals surface area contributed by atoms with Crippen LogP contribution in [0.3, 0.4) is 0 Å². The normalized spacial score (nSPS) is 23.9. The van der Waals surface area contributed by atoms with E-state index in [0.717, 1.165) is 24.9 Å². The first-order chi connectivity index (χ1) is 9.33. The Kier molecular flexibility index (Phi) is 4.19. The summed E-state index contributed by atoms with van der Waals surface area (Å²) < 4.78 is 0. The first-order valence-corrected chi connectivity index (χ1v) is 7.87.